The number of nitriles is 1. The van der Waals surface area contributed by atoms with E-state index in [2.05, 4.69) is 46.3 Å². The van der Waals surface area contributed by atoms with E-state index >= 15 is 0 Å². The van der Waals surface area contributed by atoms with Crippen molar-refractivity contribution in [3.05, 3.63) is 106 Å². The van der Waals surface area contributed by atoms with Crippen molar-refractivity contribution in [3.63, 3.8) is 0 Å². The molecule has 4 heteroatoms. The van der Waals surface area contributed by atoms with Crippen LogP contribution in [-0.4, -0.2) is 6.61 Å². The maximum Gasteiger partial charge on any atom is 0.162 e. The van der Waals surface area contributed by atoms with Gasteiger partial charge in [-0.15, -0.1) is 0 Å². The van der Waals surface area contributed by atoms with Crippen molar-refractivity contribution in [3.8, 4) is 17.6 Å². The first-order valence-corrected chi connectivity index (χ1v) is 11.6. The van der Waals surface area contributed by atoms with E-state index in [1.807, 2.05) is 74.5 Å². The maximum atomic E-state index is 9.74. The zero-order valence-electron chi connectivity index (χ0n) is 18.6. The third-order valence-electron chi connectivity index (χ3n) is 5.41. The predicted octanol–water partition coefficient (Wildman–Crippen LogP) is 7.95. The third kappa shape index (κ3) is 5.27. The van der Waals surface area contributed by atoms with Crippen LogP contribution in [0.3, 0.4) is 0 Å². The molecule has 0 heterocycles. The van der Waals surface area contributed by atoms with Gasteiger partial charge in [-0.2, -0.15) is 5.26 Å². The summed E-state index contributed by atoms with van der Waals surface area (Å²) < 4.78 is 12.9. The van der Waals surface area contributed by atoms with Crippen LogP contribution in [0.5, 0.6) is 11.5 Å². The minimum atomic E-state index is 0.426. The number of aryl methyl sites for hydroxylation is 1. The molecule has 0 atom stereocenters. The van der Waals surface area contributed by atoms with Crippen LogP contribution in [0, 0.1) is 18.3 Å². The Balaban J connectivity index is 1.65. The molecule has 164 valence electrons. The van der Waals surface area contributed by atoms with Crippen molar-refractivity contribution >= 4 is 38.4 Å². The Bertz CT molecular complexity index is 1350. The smallest absolute Gasteiger partial charge is 0.162 e. The summed E-state index contributed by atoms with van der Waals surface area (Å²) in [6, 6.07) is 28.6. The molecular weight excluding hydrogens is 474 g/mol. The largest absolute Gasteiger partial charge is 0.490 e. The fraction of sp³-hybridized carbons (Fsp3) is 0.138. The van der Waals surface area contributed by atoms with Crippen LogP contribution in [0.15, 0.2) is 83.3 Å². The summed E-state index contributed by atoms with van der Waals surface area (Å²) in [5.74, 6) is 1.30. The highest BCUT2D eigenvalue weighted by molar-refractivity contribution is 9.10. The van der Waals surface area contributed by atoms with Gasteiger partial charge in [-0.3, -0.25) is 0 Å². The zero-order valence-corrected chi connectivity index (χ0v) is 20.2. The number of benzene rings is 4. The Morgan fingerprint density at radius 1 is 0.939 bits per heavy atom. The Morgan fingerprint density at radius 3 is 2.42 bits per heavy atom. The first-order valence-electron chi connectivity index (χ1n) is 10.8. The fourth-order valence-corrected chi connectivity index (χ4v) is 4.12. The molecule has 0 saturated heterocycles. The van der Waals surface area contributed by atoms with Gasteiger partial charge in [0.15, 0.2) is 11.5 Å². The number of hydrogen-bond acceptors (Lipinski definition) is 3. The molecule has 4 aromatic rings. The Labute approximate surface area is 203 Å². The standard InChI is InChI=1S/C29H24BrNO2/c1-3-32-28-16-24(15-25(18-31)21-13-11-20(2)12-14-21)27(30)17-29(28)33-19-23-9-6-8-22-7-4-5-10-26(22)23/h4-17H,3,19H2,1-2H3/b25-15-. The van der Waals surface area contributed by atoms with Crippen molar-refractivity contribution in [2.24, 2.45) is 0 Å². The number of rotatable bonds is 7. The summed E-state index contributed by atoms with van der Waals surface area (Å²) in [5.41, 5.74) is 4.59. The lowest BCUT2D eigenvalue weighted by Crippen LogP contribution is -2.01. The van der Waals surface area contributed by atoms with Crippen molar-refractivity contribution in [1.82, 2.24) is 0 Å². The van der Waals surface area contributed by atoms with Crippen molar-refractivity contribution in [1.29, 1.82) is 5.26 Å². The van der Waals surface area contributed by atoms with E-state index in [9.17, 15) is 5.26 Å². The van der Waals surface area contributed by atoms with Gasteiger partial charge < -0.3 is 9.47 Å². The lowest BCUT2D eigenvalue weighted by atomic mass is 10.0. The summed E-state index contributed by atoms with van der Waals surface area (Å²) in [6.07, 6.45) is 1.87. The molecular formula is C29H24BrNO2. The van der Waals surface area contributed by atoms with Gasteiger partial charge in [-0.1, -0.05) is 88.2 Å². The lowest BCUT2D eigenvalue weighted by molar-refractivity contribution is 0.270. The van der Waals surface area contributed by atoms with Gasteiger partial charge in [0.05, 0.1) is 18.2 Å². The van der Waals surface area contributed by atoms with Gasteiger partial charge in [0.2, 0.25) is 0 Å². The second-order valence-electron chi connectivity index (χ2n) is 7.72. The Kier molecular flexibility index (Phi) is 7.12. The highest BCUT2D eigenvalue weighted by Gasteiger charge is 2.12. The van der Waals surface area contributed by atoms with Crippen molar-refractivity contribution in [2.75, 3.05) is 6.61 Å². The minimum Gasteiger partial charge on any atom is -0.490 e. The minimum absolute atomic E-state index is 0.426. The van der Waals surface area contributed by atoms with Gasteiger partial charge in [0.1, 0.15) is 6.61 Å². The van der Waals surface area contributed by atoms with Gasteiger partial charge >= 0.3 is 0 Å². The number of ether oxygens (including phenoxy) is 2. The number of allylic oxidation sites excluding steroid dienone is 1. The van der Waals surface area contributed by atoms with E-state index in [-0.39, 0.29) is 0 Å². The third-order valence-corrected chi connectivity index (χ3v) is 6.10. The van der Waals surface area contributed by atoms with Gasteiger partial charge in [0, 0.05) is 4.47 Å². The van der Waals surface area contributed by atoms with E-state index in [1.54, 1.807) is 0 Å². The monoisotopic (exact) mass is 497 g/mol. The average molecular weight is 498 g/mol. The normalized spacial score (nSPS) is 11.3. The second kappa shape index (κ2) is 10.4. The van der Waals surface area contributed by atoms with Crippen LogP contribution in [0.1, 0.15) is 29.2 Å². The van der Waals surface area contributed by atoms with E-state index in [4.69, 9.17) is 9.47 Å². The summed E-state index contributed by atoms with van der Waals surface area (Å²) in [6.45, 7) is 4.91. The average Bonchev–Trinajstić information content (AvgIpc) is 2.84. The number of nitrogens with zero attached hydrogens (tertiary/aromatic N) is 1. The first-order chi connectivity index (χ1) is 16.1. The number of halogens is 1. The van der Waals surface area contributed by atoms with E-state index in [0.717, 1.165) is 26.7 Å². The van der Waals surface area contributed by atoms with Crippen LogP contribution < -0.4 is 9.47 Å². The van der Waals surface area contributed by atoms with E-state index < -0.39 is 0 Å². The molecule has 0 saturated carbocycles. The summed E-state index contributed by atoms with van der Waals surface area (Å²) in [7, 11) is 0. The van der Waals surface area contributed by atoms with Crippen LogP contribution in [0.4, 0.5) is 0 Å². The fourth-order valence-electron chi connectivity index (χ4n) is 3.69. The number of hydrogen-bond donors (Lipinski definition) is 0. The summed E-state index contributed by atoms with van der Waals surface area (Å²) >= 11 is 3.65. The van der Waals surface area contributed by atoms with Crippen LogP contribution in [0.2, 0.25) is 0 Å². The molecule has 0 spiro atoms. The molecule has 0 bridgehead atoms. The highest BCUT2D eigenvalue weighted by Crippen LogP contribution is 2.36. The van der Waals surface area contributed by atoms with Crippen LogP contribution in [-0.2, 0) is 6.61 Å². The van der Waals surface area contributed by atoms with Gasteiger partial charge in [-0.25, -0.2) is 0 Å². The van der Waals surface area contributed by atoms with Gasteiger partial charge in [0.25, 0.3) is 0 Å². The van der Waals surface area contributed by atoms with E-state index in [1.165, 1.54) is 10.8 Å². The molecule has 0 amide bonds. The quantitative estimate of drug-likeness (QED) is 0.192. The molecule has 0 N–H and O–H groups in total. The predicted molar refractivity (Wildman–Crippen MR) is 138 cm³/mol. The highest BCUT2D eigenvalue weighted by atomic mass is 79.9. The zero-order chi connectivity index (χ0) is 23.2. The molecule has 0 aliphatic rings. The maximum absolute atomic E-state index is 9.74. The second-order valence-corrected chi connectivity index (χ2v) is 8.57. The molecule has 0 aromatic heterocycles. The Hall–Kier alpha value is -3.55. The molecule has 0 radical (unpaired) electrons. The summed E-state index contributed by atoms with van der Waals surface area (Å²) in [4.78, 5) is 0. The molecule has 4 rings (SSSR count). The molecule has 0 aliphatic heterocycles. The molecule has 0 aliphatic carbocycles. The van der Waals surface area contributed by atoms with Crippen LogP contribution >= 0.6 is 15.9 Å². The topological polar surface area (TPSA) is 42.2 Å². The molecule has 33 heavy (non-hydrogen) atoms. The number of fused-ring (bicyclic) bond motifs is 1. The first kappa shape index (κ1) is 22.6. The SMILES string of the molecule is CCOc1cc(/C=C(/C#N)c2ccc(C)cc2)c(Br)cc1OCc1cccc2ccccc12. The molecule has 0 unspecified atom stereocenters. The summed E-state index contributed by atoms with van der Waals surface area (Å²) in [5, 5.41) is 12.1. The molecule has 4 aromatic carbocycles. The van der Waals surface area contributed by atoms with Crippen molar-refractivity contribution < 1.29 is 9.47 Å². The molecule has 3 nitrogen and oxygen atoms in total. The Morgan fingerprint density at radius 2 is 1.67 bits per heavy atom. The van der Waals surface area contributed by atoms with Crippen molar-refractivity contribution in [2.45, 2.75) is 20.5 Å². The molecule has 0 fully saturated rings. The van der Waals surface area contributed by atoms with E-state index in [0.29, 0.717) is 30.3 Å². The van der Waals surface area contributed by atoms with Gasteiger partial charge in [-0.05, 0) is 59.5 Å². The lowest BCUT2D eigenvalue weighted by Gasteiger charge is -2.15. The van der Waals surface area contributed by atoms with Crippen LogP contribution in [0.25, 0.3) is 22.4 Å².